The first-order valence-corrected chi connectivity index (χ1v) is 9.73. The normalized spacial score (nSPS) is 10.9. The van der Waals surface area contributed by atoms with Gasteiger partial charge in [-0.1, -0.05) is 12.1 Å². The van der Waals surface area contributed by atoms with Crippen molar-refractivity contribution in [1.29, 1.82) is 0 Å². The summed E-state index contributed by atoms with van der Waals surface area (Å²) in [5.74, 6) is 0.717. The second-order valence-corrected chi connectivity index (χ2v) is 7.17. The van der Waals surface area contributed by atoms with E-state index in [0.717, 1.165) is 23.2 Å². The van der Waals surface area contributed by atoms with Gasteiger partial charge in [0.1, 0.15) is 11.3 Å². The molecule has 152 valence electrons. The predicted octanol–water partition coefficient (Wildman–Crippen LogP) is 4.15. The minimum atomic E-state index is -0.386. The minimum Gasteiger partial charge on any atom is -0.491 e. The van der Waals surface area contributed by atoms with Crippen molar-refractivity contribution in [2.75, 3.05) is 25.5 Å². The first kappa shape index (κ1) is 20.5. The number of carbonyl (C=O) groups excluding carboxylic acids is 1. The Bertz CT molecular complexity index is 1020. The third-order valence-electron chi connectivity index (χ3n) is 4.46. The number of anilines is 1. The van der Waals surface area contributed by atoms with Crippen LogP contribution in [0.1, 0.15) is 30.6 Å². The van der Waals surface area contributed by atoms with Gasteiger partial charge >= 0.3 is 5.63 Å². The topological polar surface area (TPSA) is 71.8 Å². The molecule has 3 aromatic rings. The van der Waals surface area contributed by atoms with E-state index >= 15 is 0 Å². The second-order valence-electron chi connectivity index (χ2n) is 7.17. The highest BCUT2D eigenvalue weighted by Crippen LogP contribution is 2.21. The zero-order chi connectivity index (χ0) is 20.8. The lowest BCUT2D eigenvalue weighted by atomic mass is 10.2. The number of fused-ring (bicyclic) bond motifs is 1. The lowest BCUT2D eigenvalue weighted by Gasteiger charge is -2.18. The Balaban J connectivity index is 1.53. The molecule has 1 heterocycles. The molecule has 1 N–H and O–H groups in total. The van der Waals surface area contributed by atoms with Crippen molar-refractivity contribution >= 4 is 22.6 Å². The first-order valence-electron chi connectivity index (χ1n) is 9.73. The maximum absolute atomic E-state index is 12.6. The average molecular weight is 394 g/mol. The van der Waals surface area contributed by atoms with Crippen LogP contribution < -0.4 is 15.7 Å². The number of nitrogens with zero attached hydrogens (tertiary/aromatic N) is 1. The summed E-state index contributed by atoms with van der Waals surface area (Å²) in [6, 6.07) is 16.1. The second kappa shape index (κ2) is 9.28. The van der Waals surface area contributed by atoms with Crippen molar-refractivity contribution < 1.29 is 13.9 Å². The molecule has 0 atom stereocenters. The SMILES string of the molecule is CC(C)Oc1ccc(C(=O)N(C)CCCNc2cc(=O)oc3ccccc23)cc1. The lowest BCUT2D eigenvalue weighted by molar-refractivity contribution is 0.0794. The van der Waals surface area contributed by atoms with Crippen molar-refractivity contribution in [3.63, 3.8) is 0 Å². The Morgan fingerprint density at radius 1 is 1.14 bits per heavy atom. The van der Waals surface area contributed by atoms with E-state index in [4.69, 9.17) is 9.15 Å². The van der Waals surface area contributed by atoms with E-state index in [1.165, 1.54) is 6.07 Å². The van der Waals surface area contributed by atoms with E-state index < -0.39 is 0 Å². The molecule has 0 unspecified atom stereocenters. The van der Waals surface area contributed by atoms with Crippen molar-refractivity contribution in [3.05, 3.63) is 70.6 Å². The summed E-state index contributed by atoms with van der Waals surface area (Å²) in [6.45, 7) is 5.15. The van der Waals surface area contributed by atoms with Gasteiger partial charge in [0, 0.05) is 37.2 Å². The predicted molar refractivity (Wildman–Crippen MR) is 115 cm³/mol. The molecule has 2 aromatic carbocycles. The standard InChI is InChI=1S/C23H26N2O4/c1-16(2)28-18-11-9-17(10-12-18)23(27)25(3)14-6-13-24-20-15-22(26)29-21-8-5-4-7-19(20)21/h4-5,7-12,15-16,24H,6,13-14H2,1-3H3. The fourth-order valence-electron chi connectivity index (χ4n) is 3.07. The van der Waals surface area contributed by atoms with Gasteiger partial charge in [-0.25, -0.2) is 4.79 Å². The highest BCUT2D eigenvalue weighted by Gasteiger charge is 2.12. The molecular weight excluding hydrogens is 368 g/mol. The largest absolute Gasteiger partial charge is 0.491 e. The summed E-state index contributed by atoms with van der Waals surface area (Å²) in [4.78, 5) is 26.0. The number of para-hydroxylation sites is 1. The minimum absolute atomic E-state index is 0.0353. The Kier molecular flexibility index (Phi) is 6.54. The number of hydrogen-bond donors (Lipinski definition) is 1. The Labute approximate surface area is 170 Å². The summed E-state index contributed by atoms with van der Waals surface area (Å²) >= 11 is 0. The fourth-order valence-corrected chi connectivity index (χ4v) is 3.07. The number of benzene rings is 2. The number of ether oxygens (including phenoxy) is 1. The molecule has 0 saturated heterocycles. The summed E-state index contributed by atoms with van der Waals surface area (Å²) < 4.78 is 10.8. The van der Waals surface area contributed by atoms with Crippen molar-refractivity contribution in [1.82, 2.24) is 4.90 Å². The van der Waals surface area contributed by atoms with Gasteiger partial charge in [0.25, 0.3) is 5.91 Å². The Hall–Kier alpha value is -3.28. The van der Waals surface area contributed by atoms with Crippen molar-refractivity contribution in [2.24, 2.45) is 0 Å². The third kappa shape index (κ3) is 5.38. The van der Waals surface area contributed by atoms with Crippen LogP contribution in [0.5, 0.6) is 5.75 Å². The average Bonchev–Trinajstić information content (AvgIpc) is 2.70. The van der Waals surface area contributed by atoms with Gasteiger partial charge in [-0.3, -0.25) is 4.79 Å². The van der Waals surface area contributed by atoms with E-state index in [-0.39, 0.29) is 17.6 Å². The van der Waals surface area contributed by atoms with Gasteiger partial charge in [-0.15, -0.1) is 0 Å². The molecule has 0 aliphatic rings. The van der Waals surface area contributed by atoms with E-state index in [1.807, 2.05) is 44.2 Å². The van der Waals surface area contributed by atoms with Gasteiger partial charge in [0.2, 0.25) is 0 Å². The quantitative estimate of drug-likeness (QED) is 0.459. The van der Waals surface area contributed by atoms with E-state index in [0.29, 0.717) is 24.2 Å². The highest BCUT2D eigenvalue weighted by atomic mass is 16.5. The van der Waals surface area contributed by atoms with E-state index in [9.17, 15) is 9.59 Å². The van der Waals surface area contributed by atoms with Crippen molar-refractivity contribution in [3.8, 4) is 5.75 Å². The first-order chi connectivity index (χ1) is 13.9. The van der Waals surface area contributed by atoms with Crippen LogP contribution in [0.25, 0.3) is 11.0 Å². The monoisotopic (exact) mass is 394 g/mol. The molecule has 6 heteroatoms. The van der Waals surface area contributed by atoms with Crippen LogP contribution >= 0.6 is 0 Å². The van der Waals surface area contributed by atoms with Gasteiger partial charge in [0.15, 0.2) is 0 Å². The maximum Gasteiger partial charge on any atom is 0.338 e. The molecule has 3 rings (SSSR count). The lowest BCUT2D eigenvalue weighted by Crippen LogP contribution is -2.28. The number of amides is 1. The molecule has 0 aliphatic heterocycles. The molecular formula is C23H26N2O4. The number of rotatable bonds is 8. The molecule has 0 bridgehead atoms. The van der Waals surface area contributed by atoms with Gasteiger partial charge in [0.05, 0.1) is 11.8 Å². The summed E-state index contributed by atoms with van der Waals surface area (Å²) in [7, 11) is 1.79. The highest BCUT2D eigenvalue weighted by molar-refractivity contribution is 5.94. The molecule has 0 spiro atoms. The molecule has 0 saturated carbocycles. The van der Waals surface area contributed by atoms with Crippen LogP contribution in [-0.4, -0.2) is 37.0 Å². The smallest absolute Gasteiger partial charge is 0.338 e. The van der Waals surface area contributed by atoms with Crippen molar-refractivity contribution in [2.45, 2.75) is 26.4 Å². The molecule has 6 nitrogen and oxygen atoms in total. The maximum atomic E-state index is 12.6. The fraction of sp³-hybridized carbons (Fsp3) is 0.304. The Morgan fingerprint density at radius 2 is 1.86 bits per heavy atom. The molecule has 0 radical (unpaired) electrons. The molecule has 0 aliphatic carbocycles. The number of nitrogens with one attached hydrogen (secondary N) is 1. The number of hydrogen-bond acceptors (Lipinski definition) is 5. The van der Waals surface area contributed by atoms with E-state index in [1.54, 1.807) is 30.1 Å². The van der Waals surface area contributed by atoms with Gasteiger partial charge in [-0.05, 0) is 56.7 Å². The molecule has 1 amide bonds. The summed E-state index contributed by atoms with van der Waals surface area (Å²) in [6.07, 6.45) is 0.838. The zero-order valence-electron chi connectivity index (χ0n) is 17.0. The van der Waals surface area contributed by atoms with Crippen LogP contribution in [0.15, 0.2) is 63.8 Å². The van der Waals surface area contributed by atoms with Crippen LogP contribution in [0, 0.1) is 0 Å². The van der Waals surface area contributed by atoms with Crippen LogP contribution in [-0.2, 0) is 0 Å². The zero-order valence-corrected chi connectivity index (χ0v) is 17.0. The molecule has 0 fully saturated rings. The Morgan fingerprint density at radius 3 is 2.59 bits per heavy atom. The van der Waals surface area contributed by atoms with E-state index in [2.05, 4.69) is 5.32 Å². The molecule has 1 aromatic heterocycles. The van der Waals surface area contributed by atoms with Crippen LogP contribution in [0.2, 0.25) is 0 Å². The molecule has 29 heavy (non-hydrogen) atoms. The van der Waals surface area contributed by atoms with Crippen LogP contribution in [0.3, 0.4) is 0 Å². The number of carbonyl (C=O) groups is 1. The van der Waals surface area contributed by atoms with Gasteiger partial charge in [-0.2, -0.15) is 0 Å². The summed E-state index contributed by atoms with van der Waals surface area (Å²) in [5.41, 5.74) is 1.54. The van der Waals surface area contributed by atoms with Crippen LogP contribution in [0.4, 0.5) is 5.69 Å². The van der Waals surface area contributed by atoms with Gasteiger partial charge < -0.3 is 19.4 Å². The summed E-state index contributed by atoms with van der Waals surface area (Å²) in [5, 5.41) is 4.13. The third-order valence-corrected chi connectivity index (χ3v) is 4.46.